The molecule has 0 spiro atoms. The number of carboxylic acids is 1. The van der Waals surface area contributed by atoms with E-state index in [1.165, 1.54) is 7.05 Å². The van der Waals surface area contributed by atoms with Crippen LogP contribution >= 0.6 is 0 Å². The van der Waals surface area contributed by atoms with Gasteiger partial charge in [0.1, 0.15) is 5.56 Å². The maximum atomic E-state index is 12.0. The van der Waals surface area contributed by atoms with Gasteiger partial charge in [0.05, 0.1) is 5.92 Å². The zero-order valence-electron chi connectivity index (χ0n) is 10.9. The number of carboxylic acid groups (broad SMARTS) is 1. The van der Waals surface area contributed by atoms with E-state index < -0.39 is 29.0 Å². The highest BCUT2D eigenvalue weighted by Crippen LogP contribution is 2.25. The lowest BCUT2D eigenvalue weighted by molar-refractivity contribution is -0.141. The summed E-state index contributed by atoms with van der Waals surface area (Å²) >= 11 is 0. The van der Waals surface area contributed by atoms with Crippen molar-refractivity contribution in [3.05, 3.63) is 32.6 Å². The molecule has 0 radical (unpaired) electrons. The average Bonchev–Trinajstić information content (AvgIpc) is 2.84. The SMILES string of the molecule is Cn1c(=O)[nH]cc(C(=O)N[C@@H]2CC[C@H](C(=O)O)C2)c1=O. The maximum absolute atomic E-state index is 12.0. The summed E-state index contributed by atoms with van der Waals surface area (Å²) in [5.41, 5.74) is -1.44. The molecule has 0 bridgehead atoms. The van der Waals surface area contributed by atoms with Crippen molar-refractivity contribution >= 4 is 11.9 Å². The first-order valence-corrected chi connectivity index (χ1v) is 6.22. The van der Waals surface area contributed by atoms with Gasteiger partial charge in [0.25, 0.3) is 11.5 Å². The molecule has 1 aromatic rings. The molecule has 1 saturated carbocycles. The predicted molar refractivity (Wildman–Crippen MR) is 68.5 cm³/mol. The van der Waals surface area contributed by atoms with Crippen molar-refractivity contribution in [3.8, 4) is 0 Å². The first kappa shape index (κ1) is 14.0. The van der Waals surface area contributed by atoms with Gasteiger partial charge in [-0.05, 0) is 19.3 Å². The van der Waals surface area contributed by atoms with E-state index in [2.05, 4.69) is 10.3 Å². The van der Waals surface area contributed by atoms with Crippen LogP contribution in [0, 0.1) is 5.92 Å². The van der Waals surface area contributed by atoms with Gasteiger partial charge in [-0.1, -0.05) is 0 Å². The minimum absolute atomic E-state index is 0.161. The number of carbonyl (C=O) groups is 2. The molecule has 1 heterocycles. The van der Waals surface area contributed by atoms with Crippen LogP contribution in [0.25, 0.3) is 0 Å². The predicted octanol–water partition coefficient (Wildman–Crippen LogP) is -0.943. The Labute approximate surface area is 113 Å². The summed E-state index contributed by atoms with van der Waals surface area (Å²) < 4.78 is 0.809. The Balaban J connectivity index is 2.11. The summed E-state index contributed by atoms with van der Waals surface area (Å²) in [6.07, 6.45) is 2.49. The van der Waals surface area contributed by atoms with Crippen molar-refractivity contribution in [1.82, 2.24) is 14.9 Å². The Bertz CT molecular complexity index is 660. The lowest BCUT2D eigenvalue weighted by Gasteiger charge is -2.12. The normalized spacial score (nSPS) is 21.6. The zero-order chi connectivity index (χ0) is 14.9. The van der Waals surface area contributed by atoms with E-state index in [4.69, 9.17) is 5.11 Å². The van der Waals surface area contributed by atoms with E-state index in [0.717, 1.165) is 10.8 Å². The number of nitrogens with one attached hydrogen (secondary N) is 2. The summed E-state index contributed by atoms with van der Waals surface area (Å²) in [6, 6.07) is -0.264. The molecule has 0 aliphatic heterocycles. The second kappa shape index (κ2) is 5.32. The molecule has 2 atom stereocenters. The first-order valence-electron chi connectivity index (χ1n) is 6.22. The molecular weight excluding hydrogens is 266 g/mol. The van der Waals surface area contributed by atoms with Crippen molar-refractivity contribution < 1.29 is 14.7 Å². The third-order valence-electron chi connectivity index (χ3n) is 3.54. The molecule has 1 amide bonds. The van der Waals surface area contributed by atoms with E-state index in [-0.39, 0.29) is 11.6 Å². The Kier molecular flexibility index (Phi) is 3.73. The van der Waals surface area contributed by atoms with Crippen LogP contribution in [0.3, 0.4) is 0 Å². The number of aromatic amines is 1. The van der Waals surface area contributed by atoms with Crippen molar-refractivity contribution in [1.29, 1.82) is 0 Å². The Morgan fingerprint density at radius 1 is 1.40 bits per heavy atom. The highest BCUT2D eigenvalue weighted by atomic mass is 16.4. The monoisotopic (exact) mass is 281 g/mol. The topological polar surface area (TPSA) is 121 Å². The molecule has 1 aliphatic rings. The molecule has 2 rings (SSSR count). The largest absolute Gasteiger partial charge is 0.481 e. The average molecular weight is 281 g/mol. The van der Waals surface area contributed by atoms with Gasteiger partial charge in [-0.3, -0.25) is 19.0 Å². The quantitative estimate of drug-likeness (QED) is 0.660. The molecule has 108 valence electrons. The van der Waals surface area contributed by atoms with Gasteiger partial charge >= 0.3 is 11.7 Å². The van der Waals surface area contributed by atoms with Gasteiger partial charge in [-0.15, -0.1) is 0 Å². The maximum Gasteiger partial charge on any atom is 0.328 e. The number of amides is 1. The molecular formula is C12H15N3O5. The molecule has 0 unspecified atom stereocenters. The fraction of sp³-hybridized carbons (Fsp3) is 0.500. The number of hydrogen-bond donors (Lipinski definition) is 3. The van der Waals surface area contributed by atoms with Gasteiger partial charge in [-0.2, -0.15) is 0 Å². The van der Waals surface area contributed by atoms with Crippen LogP contribution in [0.2, 0.25) is 0 Å². The fourth-order valence-corrected chi connectivity index (χ4v) is 2.33. The van der Waals surface area contributed by atoms with Crippen LogP contribution in [0.1, 0.15) is 29.6 Å². The molecule has 0 aromatic carbocycles. The Hall–Kier alpha value is -2.38. The van der Waals surface area contributed by atoms with E-state index in [1.807, 2.05) is 0 Å². The minimum Gasteiger partial charge on any atom is -0.481 e. The second-order valence-corrected chi connectivity index (χ2v) is 4.89. The van der Waals surface area contributed by atoms with E-state index in [1.54, 1.807) is 0 Å². The highest BCUT2D eigenvalue weighted by molar-refractivity contribution is 5.93. The van der Waals surface area contributed by atoms with E-state index in [0.29, 0.717) is 19.3 Å². The number of aliphatic carboxylic acids is 1. The van der Waals surface area contributed by atoms with Crippen molar-refractivity contribution in [3.63, 3.8) is 0 Å². The molecule has 20 heavy (non-hydrogen) atoms. The zero-order valence-corrected chi connectivity index (χ0v) is 10.9. The van der Waals surface area contributed by atoms with Gasteiger partial charge in [0.2, 0.25) is 0 Å². The number of aromatic nitrogens is 2. The van der Waals surface area contributed by atoms with Crippen LogP contribution < -0.4 is 16.6 Å². The van der Waals surface area contributed by atoms with Crippen molar-refractivity contribution in [2.45, 2.75) is 25.3 Å². The molecule has 0 saturated heterocycles. The summed E-state index contributed by atoms with van der Waals surface area (Å²) in [6.45, 7) is 0. The first-order chi connectivity index (χ1) is 9.40. The standard InChI is InChI=1S/C12H15N3O5/c1-15-10(17)8(5-13-12(15)20)9(16)14-7-3-2-6(4-7)11(18)19/h5-7H,2-4H2,1H3,(H,13,20)(H,14,16)(H,18,19)/t6-,7+/m0/s1. The van der Waals surface area contributed by atoms with Crippen LogP contribution in [0.15, 0.2) is 15.8 Å². The number of hydrogen-bond acceptors (Lipinski definition) is 4. The lowest BCUT2D eigenvalue weighted by Crippen LogP contribution is -2.41. The molecule has 8 nitrogen and oxygen atoms in total. The highest BCUT2D eigenvalue weighted by Gasteiger charge is 2.31. The van der Waals surface area contributed by atoms with E-state index in [9.17, 15) is 19.2 Å². The fourth-order valence-electron chi connectivity index (χ4n) is 2.33. The molecule has 1 aromatic heterocycles. The van der Waals surface area contributed by atoms with Gasteiger partial charge < -0.3 is 15.4 Å². The summed E-state index contributed by atoms with van der Waals surface area (Å²) in [7, 11) is 1.27. The van der Waals surface area contributed by atoms with Gasteiger partial charge in [-0.25, -0.2) is 4.79 Å². The number of carbonyl (C=O) groups excluding carboxylic acids is 1. The van der Waals surface area contributed by atoms with Crippen LogP contribution in [0.4, 0.5) is 0 Å². The summed E-state index contributed by atoms with van der Waals surface area (Å²) in [5, 5.41) is 11.5. The van der Waals surface area contributed by atoms with Crippen molar-refractivity contribution in [2.75, 3.05) is 0 Å². The molecule has 1 fully saturated rings. The third kappa shape index (κ3) is 2.63. The molecule has 8 heteroatoms. The van der Waals surface area contributed by atoms with E-state index >= 15 is 0 Å². The summed E-state index contributed by atoms with van der Waals surface area (Å²) in [4.78, 5) is 48.0. The Morgan fingerprint density at radius 2 is 2.10 bits per heavy atom. The number of H-pyrrole nitrogens is 1. The van der Waals surface area contributed by atoms with Crippen LogP contribution in [0.5, 0.6) is 0 Å². The molecule has 3 N–H and O–H groups in total. The number of rotatable bonds is 3. The molecule has 1 aliphatic carbocycles. The van der Waals surface area contributed by atoms with Crippen LogP contribution in [-0.4, -0.2) is 32.6 Å². The smallest absolute Gasteiger partial charge is 0.328 e. The van der Waals surface area contributed by atoms with Gasteiger partial charge in [0, 0.05) is 19.3 Å². The van der Waals surface area contributed by atoms with Gasteiger partial charge in [0.15, 0.2) is 0 Å². The number of nitrogens with zero attached hydrogens (tertiary/aromatic N) is 1. The summed E-state index contributed by atoms with van der Waals surface area (Å²) in [5.74, 6) is -1.93. The Morgan fingerprint density at radius 3 is 2.70 bits per heavy atom. The minimum atomic E-state index is -0.873. The third-order valence-corrected chi connectivity index (χ3v) is 3.54. The second-order valence-electron chi connectivity index (χ2n) is 4.89. The lowest BCUT2D eigenvalue weighted by atomic mass is 10.1. The van der Waals surface area contributed by atoms with Crippen molar-refractivity contribution in [2.24, 2.45) is 13.0 Å². The van der Waals surface area contributed by atoms with Crippen LogP contribution in [-0.2, 0) is 11.8 Å².